The summed E-state index contributed by atoms with van der Waals surface area (Å²) in [5, 5.41) is 9.37. The summed E-state index contributed by atoms with van der Waals surface area (Å²) < 4.78 is 25.4. The van der Waals surface area contributed by atoms with Crippen molar-refractivity contribution in [2.75, 3.05) is 0 Å². The monoisotopic (exact) mass is 312 g/mol. The molecule has 0 radical (unpaired) electrons. The summed E-state index contributed by atoms with van der Waals surface area (Å²) in [5.41, 5.74) is 0.277. The zero-order chi connectivity index (χ0) is 14.7. The van der Waals surface area contributed by atoms with Crippen molar-refractivity contribution < 1.29 is 18.5 Å². The second-order valence-corrected chi connectivity index (χ2v) is 5.95. The third-order valence-electron chi connectivity index (χ3n) is 2.62. The van der Waals surface area contributed by atoms with Crippen molar-refractivity contribution in [2.45, 2.75) is 10.6 Å². The van der Waals surface area contributed by atoms with Gasteiger partial charge < -0.3 is 5.11 Å². The highest BCUT2D eigenvalue weighted by molar-refractivity contribution is 7.84. The van der Waals surface area contributed by atoms with Crippen molar-refractivity contribution in [2.24, 2.45) is 0 Å². The number of carboxylic acid groups (broad SMARTS) is 1. The number of carboxylic acids is 1. The Balaban J connectivity index is 2.26. The van der Waals surface area contributed by atoms with Gasteiger partial charge in [0.25, 0.3) is 0 Å². The topological polar surface area (TPSA) is 54.4 Å². The van der Waals surface area contributed by atoms with Gasteiger partial charge in [-0.2, -0.15) is 0 Å². The molecule has 1 unspecified atom stereocenters. The third-order valence-corrected chi connectivity index (χ3v) is 4.23. The van der Waals surface area contributed by atoms with E-state index in [2.05, 4.69) is 0 Å². The van der Waals surface area contributed by atoms with E-state index in [0.717, 1.165) is 17.7 Å². The summed E-state index contributed by atoms with van der Waals surface area (Å²) in [6.07, 6.45) is 0. The van der Waals surface area contributed by atoms with Crippen molar-refractivity contribution >= 4 is 28.4 Å². The highest BCUT2D eigenvalue weighted by atomic mass is 35.5. The van der Waals surface area contributed by atoms with Crippen LogP contribution in [0.25, 0.3) is 0 Å². The van der Waals surface area contributed by atoms with E-state index in [4.69, 9.17) is 16.7 Å². The Kier molecular flexibility index (Phi) is 4.52. The van der Waals surface area contributed by atoms with Crippen molar-refractivity contribution in [3.8, 4) is 0 Å². The predicted octanol–water partition coefficient (Wildman–Crippen LogP) is 3.49. The van der Waals surface area contributed by atoms with Gasteiger partial charge in [-0.05, 0) is 35.9 Å². The molecule has 0 aliphatic heterocycles. The molecule has 0 spiro atoms. The Morgan fingerprint density at radius 1 is 1.25 bits per heavy atom. The zero-order valence-electron chi connectivity index (χ0n) is 10.2. The normalized spacial score (nSPS) is 12.1. The first kappa shape index (κ1) is 14.7. The molecule has 104 valence electrons. The van der Waals surface area contributed by atoms with E-state index < -0.39 is 28.1 Å². The average molecular weight is 313 g/mol. The number of aromatic carboxylic acids is 1. The molecule has 1 atom stereocenters. The fraction of sp³-hybridized carbons (Fsp3) is 0.0714. The van der Waals surface area contributed by atoms with Gasteiger partial charge in [-0.3, -0.25) is 4.21 Å². The van der Waals surface area contributed by atoms with Crippen LogP contribution in [0, 0.1) is 5.82 Å². The van der Waals surface area contributed by atoms with Crippen molar-refractivity contribution in [1.82, 2.24) is 0 Å². The molecule has 0 aliphatic rings. The van der Waals surface area contributed by atoms with E-state index in [1.54, 1.807) is 24.3 Å². The van der Waals surface area contributed by atoms with E-state index in [9.17, 15) is 13.4 Å². The lowest BCUT2D eigenvalue weighted by Gasteiger charge is -2.05. The number of carbonyl (C=O) groups is 1. The van der Waals surface area contributed by atoms with E-state index >= 15 is 0 Å². The molecule has 0 aromatic heterocycles. The molecule has 0 bridgehead atoms. The highest BCUT2D eigenvalue weighted by Crippen LogP contribution is 2.18. The average Bonchev–Trinajstić information content (AvgIpc) is 2.38. The van der Waals surface area contributed by atoms with Crippen LogP contribution in [0.15, 0.2) is 47.4 Å². The summed E-state index contributed by atoms with van der Waals surface area (Å²) in [5.74, 6) is -2.05. The molecular formula is C14H10ClFO3S. The number of halogens is 2. The van der Waals surface area contributed by atoms with Crippen LogP contribution >= 0.6 is 11.6 Å². The Bertz CT molecular complexity index is 688. The summed E-state index contributed by atoms with van der Waals surface area (Å²) >= 11 is 5.84. The first-order valence-corrected chi connectivity index (χ1v) is 7.33. The van der Waals surface area contributed by atoms with Crippen LogP contribution in [0.2, 0.25) is 5.02 Å². The molecule has 0 saturated heterocycles. The quantitative estimate of drug-likeness (QED) is 0.940. The van der Waals surface area contributed by atoms with Gasteiger partial charge >= 0.3 is 5.97 Å². The third kappa shape index (κ3) is 3.43. The lowest BCUT2D eigenvalue weighted by molar-refractivity contribution is 0.0691. The number of hydrogen-bond donors (Lipinski definition) is 1. The first-order chi connectivity index (χ1) is 9.47. The van der Waals surface area contributed by atoms with Crippen LogP contribution in [0.5, 0.6) is 0 Å². The Labute approximate surface area is 122 Å². The van der Waals surface area contributed by atoms with Crippen LogP contribution in [-0.4, -0.2) is 15.3 Å². The van der Waals surface area contributed by atoms with Gasteiger partial charge in [0.1, 0.15) is 5.82 Å². The Morgan fingerprint density at radius 3 is 2.65 bits per heavy atom. The molecule has 3 nitrogen and oxygen atoms in total. The number of rotatable bonds is 4. The molecule has 0 fully saturated rings. The van der Waals surface area contributed by atoms with E-state index in [1.807, 2.05) is 0 Å². The van der Waals surface area contributed by atoms with Gasteiger partial charge in [-0.15, -0.1) is 0 Å². The maximum Gasteiger partial charge on any atom is 0.338 e. The van der Waals surface area contributed by atoms with Crippen molar-refractivity contribution in [1.29, 1.82) is 0 Å². The van der Waals surface area contributed by atoms with Gasteiger partial charge in [0.2, 0.25) is 0 Å². The Hall–Kier alpha value is -1.72. The van der Waals surface area contributed by atoms with Gasteiger partial charge in [-0.1, -0.05) is 23.7 Å². The molecule has 1 N–H and O–H groups in total. The molecule has 6 heteroatoms. The standard InChI is InChI=1S/C14H10ClFO3S/c15-10-3-1-2-9(6-10)8-20(19)11-4-5-13(16)12(7-11)14(17)18/h1-7H,8H2,(H,17,18). The Morgan fingerprint density at radius 2 is 2.00 bits per heavy atom. The molecule has 20 heavy (non-hydrogen) atoms. The second kappa shape index (κ2) is 6.15. The van der Waals surface area contributed by atoms with Crippen molar-refractivity contribution in [3.63, 3.8) is 0 Å². The fourth-order valence-corrected chi connectivity index (χ4v) is 3.00. The van der Waals surface area contributed by atoms with Gasteiger partial charge in [0.15, 0.2) is 0 Å². The largest absolute Gasteiger partial charge is 0.478 e. The van der Waals surface area contributed by atoms with Crippen LogP contribution in [0.1, 0.15) is 15.9 Å². The van der Waals surface area contributed by atoms with Gasteiger partial charge in [0, 0.05) is 9.92 Å². The molecule has 2 rings (SSSR count). The maximum absolute atomic E-state index is 13.3. The summed E-state index contributed by atoms with van der Waals surface area (Å²) in [6.45, 7) is 0. The molecular weight excluding hydrogens is 303 g/mol. The molecule has 0 amide bonds. The van der Waals surface area contributed by atoms with E-state index in [-0.39, 0.29) is 10.6 Å². The minimum Gasteiger partial charge on any atom is -0.478 e. The smallest absolute Gasteiger partial charge is 0.338 e. The number of hydrogen-bond acceptors (Lipinski definition) is 2. The van der Waals surface area contributed by atoms with E-state index in [1.165, 1.54) is 6.07 Å². The van der Waals surface area contributed by atoms with Gasteiger partial charge in [0.05, 0.1) is 22.1 Å². The number of benzene rings is 2. The zero-order valence-corrected chi connectivity index (χ0v) is 11.7. The molecule has 0 saturated carbocycles. The van der Waals surface area contributed by atoms with Gasteiger partial charge in [-0.25, -0.2) is 9.18 Å². The van der Waals surface area contributed by atoms with Crippen LogP contribution in [0.3, 0.4) is 0 Å². The summed E-state index contributed by atoms with van der Waals surface area (Å²) in [4.78, 5) is 11.1. The summed E-state index contributed by atoms with van der Waals surface area (Å²) in [6, 6.07) is 10.3. The van der Waals surface area contributed by atoms with E-state index in [0.29, 0.717) is 5.02 Å². The van der Waals surface area contributed by atoms with Crippen molar-refractivity contribution in [3.05, 3.63) is 64.4 Å². The maximum atomic E-state index is 13.3. The minimum atomic E-state index is -1.47. The second-order valence-electron chi connectivity index (χ2n) is 4.07. The predicted molar refractivity (Wildman–Crippen MR) is 74.9 cm³/mol. The highest BCUT2D eigenvalue weighted by Gasteiger charge is 2.14. The molecule has 0 aliphatic carbocycles. The lowest BCUT2D eigenvalue weighted by atomic mass is 10.2. The minimum absolute atomic E-state index is 0.186. The SMILES string of the molecule is O=C(O)c1cc(S(=O)Cc2cccc(Cl)c2)ccc1F. The lowest BCUT2D eigenvalue weighted by Crippen LogP contribution is -2.03. The first-order valence-electron chi connectivity index (χ1n) is 5.63. The fourth-order valence-electron chi connectivity index (χ4n) is 1.67. The molecule has 2 aromatic carbocycles. The van der Waals surface area contributed by atoms with Crippen LogP contribution < -0.4 is 0 Å². The molecule has 0 heterocycles. The molecule has 2 aromatic rings. The van der Waals surface area contributed by atoms with Crippen LogP contribution in [-0.2, 0) is 16.6 Å². The summed E-state index contributed by atoms with van der Waals surface area (Å²) in [7, 11) is -1.47. The van der Waals surface area contributed by atoms with Crippen LogP contribution in [0.4, 0.5) is 4.39 Å².